The van der Waals surface area contributed by atoms with Crippen molar-refractivity contribution in [2.75, 3.05) is 11.1 Å². The predicted octanol–water partition coefficient (Wildman–Crippen LogP) is 3.14. The van der Waals surface area contributed by atoms with Crippen molar-refractivity contribution in [1.29, 1.82) is 0 Å². The number of phenols is 2. The van der Waals surface area contributed by atoms with Crippen LogP contribution in [0.15, 0.2) is 47.4 Å². The summed E-state index contributed by atoms with van der Waals surface area (Å²) in [5, 5.41) is 21.5. The number of phenolic OH excluding ortho intramolecular Hbond substituents is 2. The monoisotopic (exact) mass is 289 g/mol. The van der Waals surface area contributed by atoms with Crippen molar-refractivity contribution in [3.63, 3.8) is 0 Å². The quantitative estimate of drug-likeness (QED) is 0.597. The molecule has 3 N–H and O–H groups in total. The highest BCUT2D eigenvalue weighted by Crippen LogP contribution is 2.25. The first-order valence-electron chi connectivity index (χ1n) is 6.06. The third kappa shape index (κ3) is 3.93. The zero-order valence-electron chi connectivity index (χ0n) is 11.0. The number of rotatable bonds is 4. The Bertz CT molecular complexity index is 611. The molecule has 0 spiro atoms. The number of amides is 1. The average Bonchev–Trinajstić information content (AvgIpc) is 2.42. The highest BCUT2D eigenvalue weighted by Gasteiger charge is 2.07. The second-order valence-corrected chi connectivity index (χ2v) is 5.40. The summed E-state index contributed by atoms with van der Waals surface area (Å²) in [4.78, 5) is 12.7. The van der Waals surface area contributed by atoms with Crippen molar-refractivity contribution >= 4 is 23.4 Å². The lowest BCUT2D eigenvalue weighted by Gasteiger charge is -2.08. The maximum absolute atomic E-state index is 11.8. The number of aryl methyl sites for hydroxylation is 1. The molecule has 2 rings (SSSR count). The Hall–Kier alpha value is -2.14. The van der Waals surface area contributed by atoms with Gasteiger partial charge in [-0.25, -0.2) is 0 Å². The van der Waals surface area contributed by atoms with Crippen LogP contribution in [0.5, 0.6) is 11.5 Å². The molecule has 0 radical (unpaired) electrons. The van der Waals surface area contributed by atoms with E-state index in [-0.39, 0.29) is 23.2 Å². The summed E-state index contributed by atoms with van der Waals surface area (Å²) in [5.41, 5.74) is 1.38. The van der Waals surface area contributed by atoms with Gasteiger partial charge in [0.1, 0.15) is 11.5 Å². The minimum Gasteiger partial charge on any atom is -0.508 e. The van der Waals surface area contributed by atoms with E-state index in [1.165, 1.54) is 11.8 Å². The predicted molar refractivity (Wildman–Crippen MR) is 80.3 cm³/mol. The van der Waals surface area contributed by atoms with E-state index in [0.29, 0.717) is 5.69 Å². The molecule has 0 aromatic heterocycles. The maximum atomic E-state index is 11.8. The Morgan fingerprint density at radius 1 is 1.15 bits per heavy atom. The molecule has 20 heavy (non-hydrogen) atoms. The van der Waals surface area contributed by atoms with Crippen LogP contribution in [-0.4, -0.2) is 21.9 Å². The number of benzene rings is 2. The van der Waals surface area contributed by atoms with Gasteiger partial charge in [0, 0.05) is 4.90 Å². The molecule has 2 aromatic carbocycles. The summed E-state index contributed by atoms with van der Waals surface area (Å²) in [6, 6.07) is 11.7. The molecule has 0 aliphatic heterocycles. The number of carbonyl (C=O) groups excluding carboxylic acids is 1. The first-order chi connectivity index (χ1) is 9.54. The van der Waals surface area contributed by atoms with E-state index in [1.807, 2.05) is 6.92 Å². The van der Waals surface area contributed by atoms with Gasteiger partial charge in [0.2, 0.25) is 5.91 Å². The third-order valence-electron chi connectivity index (χ3n) is 2.63. The van der Waals surface area contributed by atoms with E-state index in [1.54, 1.807) is 42.5 Å². The molecule has 0 atom stereocenters. The standard InChI is InChI=1S/C15H15NO3S/c1-10-2-7-14(18)13(8-10)16-15(19)9-20-12-5-3-11(17)4-6-12/h2-8,17-18H,9H2,1H3,(H,16,19). The Morgan fingerprint density at radius 3 is 2.55 bits per heavy atom. The summed E-state index contributed by atoms with van der Waals surface area (Å²) in [5.74, 6) is 0.295. The molecule has 4 nitrogen and oxygen atoms in total. The summed E-state index contributed by atoms with van der Waals surface area (Å²) >= 11 is 1.36. The zero-order valence-corrected chi connectivity index (χ0v) is 11.8. The molecule has 0 saturated heterocycles. The second-order valence-electron chi connectivity index (χ2n) is 4.35. The highest BCUT2D eigenvalue weighted by atomic mass is 32.2. The highest BCUT2D eigenvalue weighted by molar-refractivity contribution is 8.00. The Labute approximate surface area is 121 Å². The maximum Gasteiger partial charge on any atom is 0.234 e. The number of nitrogens with one attached hydrogen (secondary N) is 1. The number of hydrogen-bond donors (Lipinski definition) is 3. The fourth-order valence-electron chi connectivity index (χ4n) is 1.63. The summed E-state index contributed by atoms with van der Waals surface area (Å²) in [6.07, 6.45) is 0. The normalized spacial score (nSPS) is 10.2. The van der Waals surface area contributed by atoms with Crippen molar-refractivity contribution < 1.29 is 15.0 Å². The fraction of sp³-hybridized carbons (Fsp3) is 0.133. The summed E-state index contributed by atoms with van der Waals surface area (Å²) in [7, 11) is 0. The molecule has 0 heterocycles. The first kappa shape index (κ1) is 14.3. The van der Waals surface area contributed by atoms with Crippen molar-refractivity contribution in [2.24, 2.45) is 0 Å². The summed E-state index contributed by atoms with van der Waals surface area (Å²) < 4.78 is 0. The Balaban J connectivity index is 1.92. The van der Waals surface area contributed by atoms with Gasteiger partial charge in [0.25, 0.3) is 0 Å². The SMILES string of the molecule is Cc1ccc(O)c(NC(=O)CSc2ccc(O)cc2)c1. The molecule has 0 aliphatic carbocycles. The van der Waals surface area contributed by atoms with Crippen LogP contribution in [0.25, 0.3) is 0 Å². The smallest absolute Gasteiger partial charge is 0.234 e. The van der Waals surface area contributed by atoms with Crippen LogP contribution in [0.2, 0.25) is 0 Å². The van der Waals surface area contributed by atoms with E-state index >= 15 is 0 Å². The van der Waals surface area contributed by atoms with Crippen LogP contribution in [0.1, 0.15) is 5.56 Å². The lowest BCUT2D eigenvalue weighted by molar-refractivity contribution is -0.113. The molecule has 0 bridgehead atoms. The van der Waals surface area contributed by atoms with Gasteiger partial charge in [0.15, 0.2) is 0 Å². The number of aromatic hydroxyl groups is 2. The molecular formula is C15H15NO3S. The van der Waals surface area contributed by atoms with Crippen LogP contribution in [0.4, 0.5) is 5.69 Å². The number of hydrogen-bond acceptors (Lipinski definition) is 4. The second kappa shape index (κ2) is 6.34. The lowest BCUT2D eigenvalue weighted by Crippen LogP contribution is -2.14. The van der Waals surface area contributed by atoms with Gasteiger partial charge in [0.05, 0.1) is 11.4 Å². The molecule has 1 amide bonds. The fourth-order valence-corrected chi connectivity index (χ4v) is 2.33. The average molecular weight is 289 g/mol. The van der Waals surface area contributed by atoms with Crippen LogP contribution >= 0.6 is 11.8 Å². The van der Waals surface area contributed by atoms with Gasteiger partial charge in [-0.1, -0.05) is 6.07 Å². The molecule has 2 aromatic rings. The molecule has 5 heteroatoms. The van der Waals surface area contributed by atoms with Crippen molar-refractivity contribution in [1.82, 2.24) is 0 Å². The van der Waals surface area contributed by atoms with Crippen LogP contribution in [-0.2, 0) is 4.79 Å². The van der Waals surface area contributed by atoms with Crippen LogP contribution in [0.3, 0.4) is 0 Å². The van der Waals surface area contributed by atoms with E-state index < -0.39 is 0 Å². The third-order valence-corrected chi connectivity index (χ3v) is 3.64. The molecule has 0 saturated carbocycles. The topological polar surface area (TPSA) is 69.6 Å². The van der Waals surface area contributed by atoms with Gasteiger partial charge < -0.3 is 15.5 Å². The minimum atomic E-state index is -0.191. The van der Waals surface area contributed by atoms with Crippen LogP contribution < -0.4 is 5.32 Å². The van der Waals surface area contributed by atoms with E-state index in [4.69, 9.17) is 5.11 Å². The molecule has 0 aliphatic rings. The van der Waals surface area contributed by atoms with E-state index in [9.17, 15) is 9.90 Å². The number of thioether (sulfide) groups is 1. The minimum absolute atomic E-state index is 0.0542. The van der Waals surface area contributed by atoms with Gasteiger partial charge in [-0.3, -0.25) is 4.79 Å². The van der Waals surface area contributed by atoms with Gasteiger partial charge in [-0.2, -0.15) is 0 Å². The molecule has 0 unspecified atom stereocenters. The molecular weight excluding hydrogens is 274 g/mol. The largest absolute Gasteiger partial charge is 0.508 e. The summed E-state index contributed by atoms with van der Waals surface area (Å²) in [6.45, 7) is 1.89. The van der Waals surface area contributed by atoms with E-state index in [0.717, 1.165) is 10.5 Å². The number of anilines is 1. The van der Waals surface area contributed by atoms with Gasteiger partial charge in [-0.15, -0.1) is 11.8 Å². The van der Waals surface area contributed by atoms with Crippen molar-refractivity contribution in [2.45, 2.75) is 11.8 Å². The molecule has 104 valence electrons. The van der Waals surface area contributed by atoms with E-state index in [2.05, 4.69) is 5.32 Å². The molecule has 0 fully saturated rings. The van der Waals surface area contributed by atoms with Gasteiger partial charge >= 0.3 is 0 Å². The Kier molecular flexibility index (Phi) is 4.53. The first-order valence-corrected chi connectivity index (χ1v) is 7.04. The van der Waals surface area contributed by atoms with Gasteiger partial charge in [-0.05, 0) is 48.9 Å². The van der Waals surface area contributed by atoms with Crippen molar-refractivity contribution in [3.8, 4) is 11.5 Å². The Morgan fingerprint density at radius 2 is 1.85 bits per heavy atom. The lowest BCUT2D eigenvalue weighted by atomic mass is 10.2. The number of carbonyl (C=O) groups is 1. The van der Waals surface area contributed by atoms with Crippen LogP contribution in [0, 0.1) is 6.92 Å². The zero-order chi connectivity index (χ0) is 14.5. The van der Waals surface area contributed by atoms with Crippen molar-refractivity contribution in [3.05, 3.63) is 48.0 Å².